The smallest absolute Gasteiger partial charge is 0.222 e. The third-order valence-electron chi connectivity index (χ3n) is 5.41. The van der Waals surface area contributed by atoms with Crippen LogP contribution >= 0.6 is 11.8 Å². The minimum Gasteiger partial charge on any atom is -0.508 e. The number of phenolic OH excluding ortho intramolecular Hbond substituents is 1. The molecule has 0 radical (unpaired) electrons. The zero-order valence-electron chi connectivity index (χ0n) is 17.9. The van der Waals surface area contributed by atoms with Crippen LogP contribution in [0, 0.1) is 0 Å². The molecule has 0 unspecified atom stereocenters. The zero-order chi connectivity index (χ0) is 21.3. The predicted molar refractivity (Wildman–Crippen MR) is 122 cm³/mol. The van der Waals surface area contributed by atoms with Crippen molar-refractivity contribution in [3.05, 3.63) is 54.1 Å². The quantitative estimate of drug-likeness (QED) is 0.474. The Morgan fingerprint density at radius 1 is 1.17 bits per heavy atom. The first-order chi connectivity index (χ1) is 14.5. The number of likely N-dealkylation sites (tertiary alicyclic amines) is 1. The van der Waals surface area contributed by atoms with E-state index in [-0.39, 0.29) is 17.8 Å². The predicted octanol–water partition coefficient (Wildman–Crippen LogP) is 4.40. The molecule has 0 bridgehead atoms. The number of ether oxygens (including phenoxy) is 1. The van der Waals surface area contributed by atoms with Crippen molar-refractivity contribution < 1.29 is 14.6 Å². The van der Waals surface area contributed by atoms with Crippen molar-refractivity contribution >= 4 is 17.7 Å². The number of hydrogen-bond acceptors (Lipinski definition) is 5. The Hall–Kier alpha value is -2.18. The van der Waals surface area contributed by atoms with E-state index in [9.17, 15) is 9.90 Å². The van der Waals surface area contributed by atoms with E-state index in [1.165, 1.54) is 0 Å². The number of carbonyl (C=O) groups is 1. The highest BCUT2D eigenvalue weighted by Gasteiger charge is 2.20. The van der Waals surface area contributed by atoms with Gasteiger partial charge in [0.2, 0.25) is 5.91 Å². The fourth-order valence-corrected chi connectivity index (χ4v) is 4.37. The maximum Gasteiger partial charge on any atom is 0.222 e. The van der Waals surface area contributed by atoms with Gasteiger partial charge in [0.25, 0.3) is 0 Å². The highest BCUT2D eigenvalue weighted by molar-refractivity contribution is 7.99. The first-order valence-corrected chi connectivity index (χ1v) is 11.6. The van der Waals surface area contributed by atoms with E-state index in [1.54, 1.807) is 28.8 Å². The fourth-order valence-electron chi connectivity index (χ4n) is 3.52. The highest BCUT2D eigenvalue weighted by atomic mass is 32.2. The molecule has 0 aromatic heterocycles. The largest absolute Gasteiger partial charge is 0.508 e. The van der Waals surface area contributed by atoms with Gasteiger partial charge in [0, 0.05) is 43.6 Å². The number of nitrogens with zero attached hydrogens (tertiary/aromatic N) is 2. The lowest BCUT2D eigenvalue weighted by Crippen LogP contribution is -2.36. The van der Waals surface area contributed by atoms with Gasteiger partial charge >= 0.3 is 0 Å². The van der Waals surface area contributed by atoms with Gasteiger partial charge in [-0.1, -0.05) is 18.2 Å². The molecule has 6 heteroatoms. The number of amides is 1. The molecule has 5 nitrogen and oxygen atoms in total. The van der Waals surface area contributed by atoms with Gasteiger partial charge < -0.3 is 19.6 Å². The number of para-hydroxylation sites is 1. The Morgan fingerprint density at radius 2 is 1.87 bits per heavy atom. The second kappa shape index (κ2) is 11.3. The van der Waals surface area contributed by atoms with Crippen LogP contribution in [0.2, 0.25) is 0 Å². The maximum absolute atomic E-state index is 12.6. The molecule has 1 N–H and O–H groups in total. The Kier molecular flexibility index (Phi) is 8.46. The van der Waals surface area contributed by atoms with Crippen molar-refractivity contribution in [2.75, 3.05) is 32.9 Å². The third-order valence-corrected chi connectivity index (χ3v) is 6.50. The monoisotopic (exact) mass is 428 g/mol. The summed E-state index contributed by atoms with van der Waals surface area (Å²) in [6.45, 7) is 2.69. The lowest BCUT2D eigenvalue weighted by Gasteiger charge is -2.30. The number of benzene rings is 2. The lowest BCUT2D eigenvalue weighted by atomic mass is 10.1. The maximum atomic E-state index is 12.6. The fraction of sp³-hybridized carbons (Fsp3) is 0.458. The SMILES string of the molecule is CN1CCC(Oc2ccccc2CN(C)C(=O)CCCSc2ccc(O)cc2)CC1. The van der Waals surface area contributed by atoms with Gasteiger partial charge in [0.1, 0.15) is 17.6 Å². The number of carbonyl (C=O) groups excluding carboxylic acids is 1. The van der Waals surface area contributed by atoms with Crippen LogP contribution in [0.3, 0.4) is 0 Å². The lowest BCUT2D eigenvalue weighted by molar-refractivity contribution is -0.130. The highest BCUT2D eigenvalue weighted by Crippen LogP contribution is 2.25. The molecule has 30 heavy (non-hydrogen) atoms. The summed E-state index contributed by atoms with van der Waals surface area (Å²) in [7, 11) is 4.01. The van der Waals surface area contributed by atoms with Gasteiger partial charge in [-0.3, -0.25) is 4.79 Å². The van der Waals surface area contributed by atoms with Crippen molar-refractivity contribution in [1.29, 1.82) is 0 Å². The van der Waals surface area contributed by atoms with Crippen molar-refractivity contribution in [3.8, 4) is 11.5 Å². The van der Waals surface area contributed by atoms with Gasteiger partial charge in [0.05, 0.1) is 0 Å². The second-order valence-electron chi connectivity index (χ2n) is 7.92. The zero-order valence-corrected chi connectivity index (χ0v) is 18.7. The topological polar surface area (TPSA) is 53.0 Å². The van der Waals surface area contributed by atoms with Gasteiger partial charge in [-0.15, -0.1) is 11.8 Å². The molecule has 1 amide bonds. The number of rotatable bonds is 9. The average Bonchev–Trinajstić information content (AvgIpc) is 2.75. The molecule has 162 valence electrons. The molecule has 1 aliphatic rings. The Morgan fingerprint density at radius 3 is 2.60 bits per heavy atom. The van der Waals surface area contributed by atoms with Crippen molar-refractivity contribution in [3.63, 3.8) is 0 Å². The molecule has 0 atom stereocenters. The number of piperidine rings is 1. The van der Waals surface area contributed by atoms with Crippen LogP contribution in [0.5, 0.6) is 11.5 Å². The minimum atomic E-state index is 0.149. The summed E-state index contributed by atoms with van der Waals surface area (Å²) in [6, 6.07) is 15.2. The number of aromatic hydroxyl groups is 1. The first kappa shape index (κ1) is 22.5. The van der Waals surface area contributed by atoms with Crippen molar-refractivity contribution in [2.45, 2.75) is 43.2 Å². The molecule has 3 rings (SSSR count). The van der Waals surface area contributed by atoms with Crippen LogP contribution in [0.1, 0.15) is 31.2 Å². The number of hydrogen-bond donors (Lipinski definition) is 1. The Bertz CT molecular complexity index is 804. The van der Waals surface area contributed by atoms with E-state index < -0.39 is 0 Å². The van der Waals surface area contributed by atoms with E-state index in [4.69, 9.17) is 4.74 Å². The van der Waals surface area contributed by atoms with Crippen LogP contribution in [0.15, 0.2) is 53.4 Å². The summed E-state index contributed by atoms with van der Waals surface area (Å²) in [5.41, 5.74) is 1.06. The van der Waals surface area contributed by atoms with E-state index in [0.29, 0.717) is 13.0 Å². The van der Waals surface area contributed by atoms with Gasteiger partial charge in [-0.2, -0.15) is 0 Å². The summed E-state index contributed by atoms with van der Waals surface area (Å²) in [4.78, 5) is 17.8. The molecule has 1 saturated heterocycles. The van der Waals surface area contributed by atoms with Crippen LogP contribution in [-0.4, -0.2) is 59.9 Å². The van der Waals surface area contributed by atoms with Gasteiger partial charge in [0.15, 0.2) is 0 Å². The van der Waals surface area contributed by atoms with Crippen molar-refractivity contribution in [2.24, 2.45) is 0 Å². The van der Waals surface area contributed by atoms with Crippen LogP contribution in [0.25, 0.3) is 0 Å². The second-order valence-corrected chi connectivity index (χ2v) is 9.09. The molecule has 0 spiro atoms. The molecule has 1 aliphatic heterocycles. The standard InChI is InChI=1S/C24H32N2O3S/c1-25-15-13-21(14-16-25)29-23-7-4-3-6-19(23)18-26(2)24(28)8-5-17-30-22-11-9-20(27)10-12-22/h3-4,6-7,9-12,21,27H,5,8,13-18H2,1-2H3. The number of phenols is 1. The minimum absolute atomic E-state index is 0.149. The normalized spacial score (nSPS) is 15.1. The Labute approximate surface area is 184 Å². The average molecular weight is 429 g/mol. The van der Waals surface area contributed by atoms with Crippen molar-refractivity contribution in [1.82, 2.24) is 9.80 Å². The molecule has 2 aromatic rings. The molecule has 0 saturated carbocycles. The Balaban J connectivity index is 1.44. The molecule has 1 fully saturated rings. The first-order valence-electron chi connectivity index (χ1n) is 10.6. The molecule has 1 heterocycles. The third kappa shape index (κ3) is 6.96. The molecular weight excluding hydrogens is 396 g/mol. The molecule has 0 aliphatic carbocycles. The number of thioether (sulfide) groups is 1. The van der Waals surface area contributed by atoms with E-state index >= 15 is 0 Å². The van der Waals surface area contributed by atoms with E-state index in [0.717, 1.165) is 54.3 Å². The van der Waals surface area contributed by atoms with Crippen LogP contribution in [0.4, 0.5) is 0 Å². The molecular formula is C24H32N2O3S. The van der Waals surface area contributed by atoms with E-state index in [1.807, 2.05) is 37.4 Å². The molecule has 2 aromatic carbocycles. The summed E-state index contributed by atoms with van der Waals surface area (Å²) >= 11 is 1.70. The summed E-state index contributed by atoms with van der Waals surface area (Å²) in [5, 5.41) is 9.33. The van der Waals surface area contributed by atoms with Crippen LogP contribution in [-0.2, 0) is 11.3 Å². The van der Waals surface area contributed by atoms with Gasteiger partial charge in [-0.25, -0.2) is 0 Å². The van der Waals surface area contributed by atoms with Crippen LogP contribution < -0.4 is 4.74 Å². The summed E-state index contributed by atoms with van der Waals surface area (Å²) < 4.78 is 6.29. The van der Waals surface area contributed by atoms with Gasteiger partial charge in [-0.05, 0) is 62.4 Å². The summed E-state index contributed by atoms with van der Waals surface area (Å²) in [5.74, 6) is 2.20. The summed E-state index contributed by atoms with van der Waals surface area (Å²) in [6.07, 6.45) is 3.68. The van der Waals surface area contributed by atoms with E-state index in [2.05, 4.69) is 18.0 Å².